The monoisotopic (exact) mass is 546 g/mol. The molecule has 1 heterocycles. The van der Waals surface area contributed by atoms with Crippen molar-refractivity contribution in [3.8, 4) is 6.01 Å². The highest BCUT2D eigenvalue weighted by Crippen LogP contribution is 2.24. The van der Waals surface area contributed by atoms with Gasteiger partial charge in [-0.15, -0.1) is 0 Å². The molecule has 0 unspecified atom stereocenters. The van der Waals surface area contributed by atoms with Gasteiger partial charge in [0, 0.05) is 19.6 Å². The van der Waals surface area contributed by atoms with Gasteiger partial charge in [0.2, 0.25) is 17.7 Å². The lowest BCUT2D eigenvalue weighted by Crippen LogP contribution is -2.17. The molecule has 3 rings (SSSR count). The molecule has 0 fully saturated rings. The van der Waals surface area contributed by atoms with Crippen molar-refractivity contribution in [2.24, 2.45) is 5.73 Å². The van der Waals surface area contributed by atoms with Crippen LogP contribution in [0.3, 0.4) is 0 Å². The van der Waals surface area contributed by atoms with E-state index < -0.39 is 53.1 Å². The van der Waals surface area contributed by atoms with Gasteiger partial charge >= 0.3 is 6.01 Å². The normalized spacial score (nSPS) is 11.0. The van der Waals surface area contributed by atoms with Crippen LogP contribution in [-0.2, 0) is 22.6 Å². The van der Waals surface area contributed by atoms with Crippen molar-refractivity contribution < 1.29 is 40.6 Å². The van der Waals surface area contributed by atoms with Crippen LogP contribution in [0.1, 0.15) is 11.1 Å². The predicted molar refractivity (Wildman–Crippen MR) is 123 cm³/mol. The van der Waals surface area contributed by atoms with Crippen LogP contribution in [0.5, 0.6) is 6.01 Å². The van der Waals surface area contributed by atoms with Crippen molar-refractivity contribution >= 4 is 11.9 Å². The van der Waals surface area contributed by atoms with Gasteiger partial charge in [-0.2, -0.15) is 15.0 Å². The first kappa shape index (κ1) is 28.9. The topological polar surface area (TPSA) is 116 Å². The third-order valence-corrected chi connectivity index (χ3v) is 4.79. The number of nitrogens with two attached hydrogens (primary N) is 1. The molecule has 2 aromatic carbocycles. The highest BCUT2D eigenvalue weighted by atomic mass is 19.2. The average molecular weight is 546 g/mol. The van der Waals surface area contributed by atoms with E-state index in [-0.39, 0.29) is 31.6 Å². The van der Waals surface area contributed by atoms with Crippen LogP contribution in [0, 0.1) is 34.9 Å². The van der Waals surface area contributed by atoms with Crippen LogP contribution < -0.4 is 21.1 Å². The molecule has 0 aliphatic carbocycles. The molecule has 38 heavy (non-hydrogen) atoms. The summed E-state index contributed by atoms with van der Waals surface area (Å²) in [6.07, 6.45) is 0. The molecular formula is C23H24F6N6O3. The third-order valence-electron chi connectivity index (χ3n) is 4.79. The molecule has 0 spiro atoms. The molecule has 0 aliphatic heterocycles. The van der Waals surface area contributed by atoms with Crippen molar-refractivity contribution in [1.29, 1.82) is 0 Å². The van der Waals surface area contributed by atoms with E-state index in [1.54, 1.807) is 0 Å². The lowest BCUT2D eigenvalue weighted by molar-refractivity contribution is 0.0547. The first-order chi connectivity index (χ1) is 18.3. The van der Waals surface area contributed by atoms with Crippen molar-refractivity contribution in [1.82, 2.24) is 15.0 Å². The lowest BCUT2D eigenvalue weighted by Gasteiger charge is -2.12. The highest BCUT2D eigenvalue weighted by Gasteiger charge is 2.26. The number of ether oxygens (including phenoxy) is 3. The molecule has 0 saturated heterocycles. The number of halogens is 6. The Morgan fingerprint density at radius 2 is 1.26 bits per heavy atom. The molecule has 9 nitrogen and oxygen atoms in total. The fourth-order valence-electron chi connectivity index (χ4n) is 2.92. The van der Waals surface area contributed by atoms with Crippen LogP contribution in [0.2, 0.25) is 0 Å². The molecule has 4 N–H and O–H groups in total. The minimum atomic E-state index is -2.28. The summed E-state index contributed by atoms with van der Waals surface area (Å²) in [5, 5.41) is 5.70. The summed E-state index contributed by atoms with van der Waals surface area (Å²) in [4.78, 5) is 12.0. The highest BCUT2D eigenvalue weighted by molar-refractivity contribution is 5.37. The van der Waals surface area contributed by atoms with E-state index >= 15 is 0 Å². The van der Waals surface area contributed by atoms with Gasteiger partial charge in [0.15, 0.2) is 23.3 Å². The van der Waals surface area contributed by atoms with Gasteiger partial charge in [0.1, 0.15) is 12.4 Å². The molecular weight excluding hydrogens is 522 g/mol. The number of anilines is 2. The number of nitrogens with zero attached hydrogens (tertiary/aromatic N) is 3. The van der Waals surface area contributed by atoms with Gasteiger partial charge in [-0.25, -0.2) is 26.3 Å². The minimum Gasteiger partial charge on any atom is -0.458 e. The van der Waals surface area contributed by atoms with Crippen LogP contribution in [0.4, 0.5) is 38.2 Å². The smallest absolute Gasteiger partial charge is 0.323 e. The maximum atomic E-state index is 14.0. The summed E-state index contributed by atoms with van der Waals surface area (Å²) >= 11 is 0. The van der Waals surface area contributed by atoms with Crippen LogP contribution >= 0.6 is 0 Å². The van der Waals surface area contributed by atoms with E-state index in [9.17, 15) is 26.3 Å². The average Bonchev–Trinajstić information content (AvgIpc) is 2.92. The maximum absolute atomic E-state index is 14.0. The molecule has 0 radical (unpaired) electrons. The van der Waals surface area contributed by atoms with E-state index in [2.05, 4.69) is 25.6 Å². The number of aromatic nitrogens is 3. The van der Waals surface area contributed by atoms with Gasteiger partial charge in [-0.3, -0.25) is 0 Å². The molecule has 3 aromatic rings. The third kappa shape index (κ3) is 8.16. The van der Waals surface area contributed by atoms with Crippen molar-refractivity contribution in [3.63, 3.8) is 0 Å². The summed E-state index contributed by atoms with van der Waals surface area (Å²) in [5.41, 5.74) is 4.80. The summed E-state index contributed by atoms with van der Waals surface area (Å²) in [5.74, 6) is -11.0. The largest absolute Gasteiger partial charge is 0.458 e. The SMILES string of the molecule is NCCOCCOCCNc1nc(NCc2ccc(F)cc2)nc(OCc2c(F)c(F)c(F)c(F)c2F)n1. The first-order valence-electron chi connectivity index (χ1n) is 11.3. The molecule has 206 valence electrons. The Balaban J connectivity index is 1.69. The summed E-state index contributed by atoms with van der Waals surface area (Å²) in [6, 6.07) is 5.10. The van der Waals surface area contributed by atoms with Gasteiger partial charge in [0.05, 0.1) is 32.0 Å². The Kier molecular flexibility index (Phi) is 10.9. The molecule has 1 aromatic heterocycles. The Labute approximate surface area is 213 Å². The second-order valence-electron chi connectivity index (χ2n) is 7.52. The van der Waals surface area contributed by atoms with Gasteiger partial charge in [0.25, 0.3) is 0 Å². The van der Waals surface area contributed by atoms with E-state index in [0.717, 1.165) is 0 Å². The van der Waals surface area contributed by atoms with Crippen molar-refractivity contribution in [2.75, 3.05) is 50.2 Å². The van der Waals surface area contributed by atoms with Gasteiger partial charge in [-0.1, -0.05) is 12.1 Å². The van der Waals surface area contributed by atoms with Crippen molar-refractivity contribution in [3.05, 3.63) is 70.3 Å². The second-order valence-corrected chi connectivity index (χ2v) is 7.52. The summed E-state index contributed by atoms with van der Waals surface area (Å²) < 4.78 is 97.2. The predicted octanol–water partition coefficient (Wildman–Crippen LogP) is 3.30. The van der Waals surface area contributed by atoms with E-state index in [4.69, 9.17) is 19.9 Å². The molecule has 0 atom stereocenters. The minimum absolute atomic E-state index is 0.0306. The number of hydrogen-bond acceptors (Lipinski definition) is 9. The van der Waals surface area contributed by atoms with Crippen LogP contribution in [0.25, 0.3) is 0 Å². The lowest BCUT2D eigenvalue weighted by atomic mass is 10.2. The molecule has 0 amide bonds. The molecule has 15 heteroatoms. The summed E-state index contributed by atoms with van der Waals surface area (Å²) in [7, 11) is 0. The zero-order chi connectivity index (χ0) is 27.5. The first-order valence-corrected chi connectivity index (χ1v) is 11.3. The van der Waals surface area contributed by atoms with Crippen LogP contribution in [0.15, 0.2) is 24.3 Å². The second kappa shape index (κ2) is 14.3. The molecule has 0 saturated carbocycles. The zero-order valence-electron chi connectivity index (χ0n) is 19.9. The Hall–Kier alpha value is -3.69. The summed E-state index contributed by atoms with van der Waals surface area (Å²) in [6.45, 7) is 1.05. The quantitative estimate of drug-likeness (QED) is 0.114. The number of nitrogens with one attached hydrogen (secondary N) is 2. The molecule has 0 bridgehead atoms. The Bertz CT molecular complexity index is 1180. The number of benzene rings is 2. The Morgan fingerprint density at radius 1 is 0.684 bits per heavy atom. The van der Waals surface area contributed by atoms with Crippen LogP contribution in [-0.4, -0.2) is 54.5 Å². The number of rotatable bonds is 15. The van der Waals surface area contributed by atoms with E-state index in [0.29, 0.717) is 31.9 Å². The van der Waals surface area contributed by atoms with Gasteiger partial charge in [-0.05, 0) is 17.7 Å². The molecule has 0 aliphatic rings. The Morgan fingerprint density at radius 3 is 1.89 bits per heavy atom. The standard InChI is InChI=1S/C23H24F6N6O3/c24-14-3-1-13(2-4-14)11-32-22-33-21(31-6-8-37-10-9-36-7-5-30)34-23(35-22)38-12-15-16(25)18(27)20(29)19(28)17(15)26/h1-4H,5-12,30H2,(H2,31,32,33,34,35). The van der Waals surface area contributed by atoms with Gasteiger partial charge < -0.3 is 30.6 Å². The maximum Gasteiger partial charge on any atom is 0.323 e. The van der Waals surface area contributed by atoms with E-state index in [1.807, 2.05) is 0 Å². The zero-order valence-corrected chi connectivity index (χ0v) is 19.9. The fourth-order valence-corrected chi connectivity index (χ4v) is 2.92. The number of hydrogen-bond donors (Lipinski definition) is 3. The van der Waals surface area contributed by atoms with Crippen molar-refractivity contribution in [2.45, 2.75) is 13.2 Å². The van der Waals surface area contributed by atoms with E-state index in [1.165, 1.54) is 24.3 Å². The fraction of sp³-hybridized carbons (Fsp3) is 0.348.